The molecule has 0 aliphatic carbocycles. The number of hydrogen-bond acceptors (Lipinski definition) is 5. The predicted octanol–water partition coefficient (Wildman–Crippen LogP) is 5.75. The van der Waals surface area contributed by atoms with Gasteiger partial charge in [-0.2, -0.15) is 13.2 Å². The van der Waals surface area contributed by atoms with Gasteiger partial charge in [-0.15, -0.1) is 0 Å². The van der Waals surface area contributed by atoms with Crippen molar-refractivity contribution in [1.29, 1.82) is 0 Å². The van der Waals surface area contributed by atoms with E-state index in [1.807, 2.05) is 18.7 Å². The fraction of sp³-hybridized carbons (Fsp3) is 0.414. The Bertz CT molecular complexity index is 1440. The van der Waals surface area contributed by atoms with Crippen molar-refractivity contribution < 1.29 is 18.0 Å². The number of carbonyl (C=O) groups is 1. The normalized spacial score (nSPS) is 15.7. The van der Waals surface area contributed by atoms with E-state index in [0.717, 1.165) is 12.1 Å². The summed E-state index contributed by atoms with van der Waals surface area (Å²) in [5, 5.41) is 0.830. The second-order valence-electron chi connectivity index (χ2n) is 10.6. The van der Waals surface area contributed by atoms with Crippen molar-refractivity contribution in [2.75, 3.05) is 31.1 Å². The van der Waals surface area contributed by atoms with E-state index >= 15 is 0 Å². The molecule has 4 rings (SSSR count). The van der Waals surface area contributed by atoms with Gasteiger partial charge in [-0.25, -0.2) is 9.78 Å². The van der Waals surface area contributed by atoms with Gasteiger partial charge >= 0.3 is 11.9 Å². The Kier molecular flexibility index (Phi) is 9.66. The van der Waals surface area contributed by atoms with Crippen LogP contribution >= 0.6 is 23.2 Å². The van der Waals surface area contributed by atoms with E-state index in [-0.39, 0.29) is 18.2 Å². The number of nitrogens with two attached hydrogens (primary N) is 1. The third kappa shape index (κ3) is 7.42. The van der Waals surface area contributed by atoms with Gasteiger partial charge in [0.1, 0.15) is 6.04 Å². The summed E-state index contributed by atoms with van der Waals surface area (Å²) in [5.74, 6) is -0.0845. The summed E-state index contributed by atoms with van der Waals surface area (Å²) in [5.41, 5.74) is 6.80. The van der Waals surface area contributed by atoms with Gasteiger partial charge < -0.3 is 15.5 Å². The van der Waals surface area contributed by atoms with Gasteiger partial charge in [-0.1, -0.05) is 43.1 Å². The fourth-order valence-corrected chi connectivity index (χ4v) is 5.62. The van der Waals surface area contributed by atoms with E-state index in [0.29, 0.717) is 59.5 Å². The number of piperazine rings is 1. The molecule has 41 heavy (non-hydrogen) atoms. The van der Waals surface area contributed by atoms with Gasteiger partial charge in [0, 0.05) is 66.8 Å². The monoisotopic (exact) mass is 609 g/mol. The number of benzene rings is 2. The zero-order valence-electron chi connectivity index (χ0n) is 22.7. The first kappa shape index (κ1) is 30.9. The van der Waals surface area contributed by atoms with Crippen molar-refractivity contribution in [2.24, 2.45) is 11.7 Å². The highest BCUT2D eigenvalue weighted by atomic mass is 35.5. The minimum Gasteiger partial charge on any atom is -0.368 e. The molecule has 0 bridgehead atoms. The Morgan fingerprint density at radius 2 is 1.78 bits per heavy atom. The first-order chi connectivity index (χ1) is 19.3. The fourth-order valence-electron chi connectivity index (χ4n) is 5.13. The average Bonchev–Trinajstić information content (AvgIpc) is 2.92. The van der Waals surface area contributed by atoms with Gasteiger partial charge in [0.25, 0.3) is 0 Å². The quantitative estimate of drug-likeness (QED) is 0.352. The minimum atomic E-state index is -4.48. The SMILES string of the molecule is CC(C)CC(N)c1cc(C(F)(F)F)ccc1N1CCN(C(=O)C(Cc2ccc(Cl)cc2Cl)n2cccnc2=O)CC1. The number of halogens is 5. The van der Waals surface area contributed by atoms with Crippen LogP contribution in [0.5, 0.6) is 0 Å². The molecule has 1 saturated heterocycles. The van der Waals surface area contributed by atoms with E-state index in [9.17, 15) is 22.8 Å². The van der Waals surface area contributed by atoms with Crippen LogP contribution in [0, 0.1) is 5.92 Å². The molecular weight excluding hydrogens is 578 g/mol. The number of rotatable bonds is 8. The van der Waals surface area contributed by atoms with Crippen LogP contribution < -0.4 is 16.3 Å². The van der Waals surface area contributed by atoms with Crippen LogP contribution in [-0.4, -0.2) is 46.5 Å². The Balaban J connectivity index is 1.57. The van der Waals surface area contributed by atoms with Crippen LogP contribution in [0.4, 0.5) is 18.9 Å². The van der Waals surface area contributed by atoms with E-state index < -0.39 is 29.5 Å². The number of aromatic nitrogens is 2. The molecule has 220 valence electrons. The number of amides is 1. The molecule has 3 aromatic rings. The molecule has 7 nitrogen and oxygen atoms in total. The molecule has 1 fully saturated rings. The van der Waals surface area contributed by atoms with Crippen LogP contribution in [-0.2, 0) is 17.4 Å². The second-order valence-corrected chi connectivity index (χ2v) is 11.4. The number of nitrogens with zero attached hydrogens (tertiary/aromatic N) is 4. The largest absolute Gasteiger partial charge is 0.416 e. The third-order valence-electron chi connectivity index (χ3n) is 7.20. The highest BCUT2D eigenvalue weighted by Crippen LogP contribution is 2.37. The van der Waals surface area contributed by atoms with Gasteiger partial charge in [0.05, 0.1) is 5.56 Å². The van der Waals surface area contributed by atoms with Crippen molar-refractivity contribution in [3.63, 3.8) is 0 Å². The summed E-state index contributed by atoms with van der Waals surface area (Å²) in [6.45, 7) is 5.32. The minimum absolute atomic E-state index is 0.147. The lowest BCUT2D eigenvalue weighted by molar-refractivity contribution is -0.137. The lowest BCUT2D eigenvalue weighted by Gasteiger charge is -2.39. The first-order valence-electron chi connectivity index (χ1n) is 13.3. The maximum atomic E-state index is 13.8. The number of hydrogen-bond donors (Lipinski definition) is 1. The summed E-state index contributed by atoms with van der Waals surface area (Å²) >= 11 is 12.4. The van der Waals surface area contributed by atoms with Crippen LogP contribution in [0.3, 0.4) is 0 Å². The maximum absolute atomic E-state index is 13.8. The van der Waals surface area contributed by atoms with Gasteiger partial charge in [0.2, 0.25) is 5.91 Å². The predicted molar refractivity (Wildman–Crippen MR) is 154 cm³/mol. The maximum Gasteiger partial charge on any atom is 0.416 e. The van der Waals surface area contributed by atoms with Crippen molar-refractivity contribution in [3.05, 3.63) is 92.1 Å². The molecule has 12 heteroatoms. The smallest absolute Gasteiger partial charge is 0.368 e. The Morgan fingerprint density at radius 1 is 1.07 bits per heavy atom. The average molecular weight is 611 g/mol. The van der Waals surface area contributed by atoms with Crippen molar-refractivity contribution >= 4 is 34.8 Å². The molecule has 0 radical (unpaired) electrons. The first-order valence-corrected chi connectivity index (χ1v) is 14.1. The molecule has 2 N–H and O–H groups in total. The standard InChI is InChI=1S/C29H32Cl2F3N5O2/c1-18(2)14-24(35)22-16-20(29(32,33)34)5-7-25(22)37-10-12-38(13-11-37)27(40)26(39-9-3-8-36-28(39)41)15-19-4-6-21(30)17-23(19)31/h3-9,16-18,24,26H,10-15,35H2,1-2H3. The van der Waals surface area contributed by atoms with E-state index in [2.05, 4.69) is 4.98 Å². The molecule has 0 saturated carbocycles. The molecule has 2 aromatic carbocycles. The molecule has 1 amide bonds. The van der Waals surface area contributed by atoms with Crippen molar-refractivity contribution in [3.8, 4) is 0 Å². The highest BCUT2D eigenvalue weighted by molar-refractivity contribution is 6.35. The lowest BCUT2D eigenvalue weighted by atomic mass is 9.94. The number of carbonyl (C=O) groups excluding carboxylic acids is 1. The van der Waals surface area contributed by atoms with Crippen LogP contribution in [0.15, 0.2) is 59.7 Å². The molecule has 0 spiro atoms. The molecule has 2 unspecified atom stereocenters. The highest BCUT2D eigenvalue weighted by Gasteiger charge is 2.34. The molecule has 2 atom stereocenters. The summed E-state index contributed by atoms with van der Waals surface area (Å²) in [7, 11) is 0. The number of anilines is 1. The van der Waals surface area contributed by atoms with E-state index in [1.54, 1.807) is 29.2 Å². The third-order valence-corrected chi connectivity index (χ3v) is 7.79. The molecular formula is C29H32Cl2F3N5O2. The zero-order chi connectivity index (χ0) is 29.9. The zero-order valence-corrected chi connectivity index (χ0v) is 24.3. The molecule has 1 aromatic heterocycles. The van der Waals surface area contributed by atoms with Crippen LogP contribution in [0.2, 0.25) is 10.0 Å². The second kappa shape index (κ2) is 12.8. The topological polar surface area (TPSA) is 84.5 Å². The van der Waals surface area contributed by atoms with E-state index in [4.69, 9.17) is 28.9 Å². The summed E-state index contributed by atoms with van der Waals surface area (Å²) in [6.07, 6.45) is -0.930. The Morgan fingerprint density at radius 3 is 2.39 bits per heavy atom. The van der Waals surface area contributed by atoms with Crippen molar-refractivity contribution in [1.82, 2.24) is 14.5 Å². The summed E-state index contributed by atoms with van der Waals surface area (Å²) in [6, 6.07) is 8.75. The molecule has 1 aliphatic rings. The molecule has 2 heterocycles. The Hall–Kier alpha value is -3.08. The van der Waals surface area contributed by atoms with Crippen molar-refractivity contribution in [2.45, 2.75) is 44.9 Å². The van der Waals surface area contributed by atoms with Crippen LogP contribution in [0.25, 0.3) is 0 Å². The van der Waals surface area contributed by atoms with Gasteiger partial charge in [-0.3, -0.25) is 9.36 Å². The molecule has 1 aliphatic heterocycles. The van der Waals surface area contributed by atoms with Gasteiger partial charge in [0.15, 0.2) is 0 Å². The van der Waals surface area contributed by atoms with Crippen LogP contribution in [0.1, 0.15) is 49.0 Å². The van der Waals surface area contributed by atoms with Gasteiger partial charge in [-0.05, 0) is 59.9 Å². The summed E-state index contributed by atoms with van der Waals surface area (Å²) in [4.78, 5) is 33.9. The van der Waals surface area contributed by atoms with E-state index in [1.165, 1.54) is 23.0 Å². The Labute approximate surface area is 246 Å². The number of alkyl halides is 3. The lowest BCUT2D eigenvalue weighted by Crippen LogP contribution is -2.52. The summed E-state index contributed by atoms with van der Waals surface area (Å²) < 4.78 is 41.8.